The Kier molecular flexibility index (Phi) is 6.85. The normalized spacial score (nSPS) is 12.0. The Balaban J connectivity index is 1.87. The summed E-state index contributed by atoms with van der Waals surface area (Å²) in [4.78, 5) is 0.0804. The molecule has 10 heteroatoms. The summed E-state index contributed by atoms with van der Waals surface area (Å²) in [7, 11) is -7.32. The molecule has 0 aliphatic carbocycles. The molecule has 0 amide bonds. The number of aromatic nitrogens is 2. The van der Waals surface area contributed by atoms with Gasteiger partial charge in [0, 0.05) is 17.5 Å². The lowest BCUT2D eigenvalue weighted by Gasteiger charge is -2.15. The Bertz CT molecular complexity index is 1300. The molecule has 1 heterocycles. The number of sulfone groups is 1. The summed E-state index contributed by atoms with van der Waals surface area (Å²) >= 11 is 0. The lowest BCUT2D eigenvalue weighted by atomic mass is 10.0. The van der Waals surface area contributed by atoms with Crippen molar-refractivity contribution in [1.29, 1.82) is 0 Å². The van der Waals surface area contributed by atoms with Crippen LogP contribution in [0, 0.1) is 0 Å². The molecule has 0 saturated carbocycles. The van der Waals surface area contributed by atoms with E-state index in [1.54, 1.807) is 49.4 Å². The summed E-state index contributed by atoms with van der Waals surface area (Å²) in [5, 5.41) is 7.56. The highest BCUT2D eigenvalue weighted by molar-refractivity contribution is 7.92. The van der Waals surface area contributed by atoms with Gasteiger partial charge in [-0.2, -0.15) is 0 Å². The van der Waals surface area contributed by atoms with Crippen molar-refractivity contribution in [3.8, 4) is 17.0 Å². The summed E-state index contributed by atoms with van der Waals surface area (Å²) in [6.45, 7) is 6.12. The van der Waals surface area contributed by atoms with Crippen LogP contribution in [0.5, 0.6) is 5.75 Å². The van der Waals surface area contributed by atoms with Gasteiger partial charge in [0.2, 0.25) is 0 Å². The van der Waals surface area contributed by atoms with Gasteiger partial charge in [-0.05, 0) is 54.8 Å². The number of hydrogen-bond donors (Lipinski definition) is 1. The molecule has 0 bridgehead atoms. The number of ether oxygens (including phenoxy) is 1. The Morgan fingerprint density at radius 1 is 0.938 bits per heavy atom. The minimum absolute atomic E-state index is 0.0804. The van der Waals surface area contributed by atoms with Crippen LogP contribution >= 0.6 is 0 Å². The minimum atomic E-state index is -3.89. The van der Waals surface area contributed by atoms with E-state index < -0.39 is 19.9 Å². The van der Waals surface area contributed by atoms with E-state index in [1.807, 2.05) is 19.9 Å². The highest BCUT2D eigenvalue weighted by Gasteiger charge is 2.21. The molecule has 0 aliphatic heterocycles. The predicted octanol–water partition coefficient (Wildman–Crippen LogP) is 3.87. The number of rotatable bonds is 8. The molecule has 0 aliphatic rings. The van der Waals surface area contributed by atoms with Crippen LogP contribution in [0.25, 0.3) is 11.3 Å². The lowest BCUT2D eigenvalue weighted by Crippen LogP contribution is -2.15. The van der Waals surface area contributed by atoms with Crippen LogP contribution in [0.3, 0.4) is 0 Å². The van der Waals surface area contributed by atoms with Crippen LogP contribution in [0.2, 0.25) is 0 Å². The first-order valence-electron chi connectivity index (χ1n) is 9.95. The third-order valence-corrected chi connectivity index (χ3v) is 7.06. The molecule has 8 nitrogen and oxygen atoms in total. The van der Waals surface area contributed by atoms with E-state index in [1.165, 1.54) is 6.07 Å². The molecule has 3 aromatic rings. The van der Waals surface area contributed by atoms with Crippen LogP contribution < -0.4 is 9.46 Å². The molecule has 0 saturated heterocycles. The zero-order valence-corrected chi connectivity index (χ0v) is 19.9. The molecule has 0 atom stereocenters. The second kappa shape index (κ2) is 9.25. The molecular formula is C22H25N3O5S2. The molecule has 3 rings (SSSR count). The fourth-order valence-corrected chi connectivity index (χ4v) is 4.70. The lowest BCUT2D eigenvalue weighted by molar-refractivity contribution is 0.331. The summed E-state index contributed by atoms with van der Waals surface area (Å²) < 4.78 is 57.3. The smallest absolute Gasteiger partial charge is 0.265 e. The van der Waals surface area contributed by atoms with Gasteiger partial charge in [-0.25, -0.2) is 16.8 Å². The quantitative estimate of drug-likeness (QED) is 0.526. The van der Waals surface area contributed by atoms with Gasteiger partial charge in [0.05, 0.1) is 12.3 Å². The number of anilines is 1. The van der Waals surface area contributed by atoms with Crippen molar-refractivity contribution in [2.45, 2.75) is 36.6 Å². The first-order valence-corrected chi connectivity index (χ1v) is 13.3. The maximum atomic E-state index is 13.1. The van der Waals surface area contributed by atoms with Crippen molar-refractivity contribution in [3.05, 3.63) is 60.2 Å². The average molecular weight is 476 g/mol. The van der Waals surface area contributed by atoms with E-state index in [-0.39, 0.29) is 15.8 Å². The number of nitrogens with zero attached hydrogens (tertiary/aromatic N) is 2. The number of nitrogens with one attached hydrogen (secondary N) is 1. The second-order valence-corrected chi connectivity index (χ2v) is 11.1. The highest BCUT2D eigenvalue weighted by Crippen LogP contribution is 2.30. The zero-order valence-electron chi connectivity index (χ0n) is 18.2. The fraction of sp³-hybridized carbons (Fsp3) is 0.273. The fourth-order valence-electron chi connectivity index (χ4n) is 2.96. The maximum Gasteiger partial charge on any atom is 0.265 e. The van der Waals surface area contributed by atoms with Crippen LogP contribution in [0.4, 0.5) is 5.69 Å². The van der Waals surface area contributed by atoms with Crippen LogP contribution in [-0.4, -0.2) is 39.9 Å². The van der Waals surface area contributed by atoms with Crippen molar-refractivity contribution in [2.24, 2.45) is 0 Å². The molecule has 0 unspecified atom stereocenters. The largest absolute Gasteiger partial charge is 0.492 e. The summed E-state index contributed by atoms with van der Waals surface area (Å²) in [6.07, 6.45) is 1.06. The molecule has 0 radical (unpaired) electrons. The third kappa shape index (κ3) is 5.43. The molecule has 32 heavy (non-hydrogen) atoms. The van der Waals surface area contributed by atoms with Crippen molar-refractivity contribution in [3.63, 3.8) is 0 Å². The van der Waals surface area contributed by atoms with E-state index in [0.29, 0.717) is 29.3 Å². The van der Waals surface area contributed by atoms with Gasteiger partial charge in [-0.1, -0.05) is 32.0 Å². The van der Waals surface area contributed by atoms with Gasteiger partial charge < -0.3 is 4.74 Å². The van der Waals surface area contributed by atoms with Gasteiger partial charge in [0.15, 0.2) is 14.9 Å². The van der Waals surface area contributed by atoms with E-state index in [4.69, 9.17) is 4.74 Å². The van der Waals surface area contributed by atoms with Gasteiger partial charge in [0.25, 0.3) is 10.0 Å². The zero-order chi connectivity index (χ0) is 23.5. The Morgan fingerprint density at radius 3 is 2.16 bits per heavy atom. The molecule has 2 aromatic carbocycles. The van der Waals surface area contributed by atoms with Gasteiger partial charge >= 0.3 is 0 Å². The SMILES string of the molecule is CCOc1ccc(C(C)C)cc1S(=O)(=O)Nc1ccc(-c2ccc(S(C)(=O)=O)nn2)cc1. The number of sulfonamides is 1. The van der Waals surface area contributed by atoms with E-state index in [2.05, 4.69) is 14.9 Å². The highest BCUT2D eigenvalue weighted by atomic mass is 32.2. The number of hydrogen-bond acceptors (Lipinski definition) is 7. The summed E-state index contributed by atoms with van der Waals surface area (Å²) in [6, 6.07) is 14.7. The van der Waals surface area contributed by atoms with Crippen LogP contribution in [0.1, 0.15) is 32.3 Å². The Labute approximate surface area is 188 Å². The van der Waals surface area contributed by atoms with Gasteiger partial charge in [-0.15, -0.1) is 10.2 Å². The van der Waals surface area contributed by atoms with Gasteiger partial charge in [0.1, 0.15) is 10.6 Å². The molecule has 170 valence electrons. The molecular weight excluding hydrogens is 450 g/mol. The topological polar surface area (TPSA) is 115 Å². The van der Waals surface area contributed by atoms with Gasteiger partial charge in [-0.3, -0.25) is 4.72 Å². The molecule has 1 N–H and O–H groups in total. The molecule has 1 aromatic heterocycles. The molecule has 0 spiro atoms. The second-order valence-electron chi connectivity index (χ2n) is 7.51. The van der Waals surface area contributed by atoms with Crippen molar-refractivity contribution >= 4 is 25.5 Å². The predicted molar refractivity (Wildman–Crippen MR) is 123 cm³/mol. The van der Waals surface area contributed by atoms with Crippen LogP contribution in [-0.2, 0) is 19.9 Å². The standard InChI is InChI=1S/C22H25N3O5S2/c1-5-30-20-12-8-17(15(2)3)14-21(20)32(28,29)25-18-9-6-16(7-10-18)19-11-13-22(24-23-19)31(4,26)27/h6-15,25H,5H2,1-4H3. The third-order valence-electron chi connectivity index (χ3n) is 4.68. The molecule has 0 fully saturated rings. The van der Waals surface area contributed by atoms with E-state index in [9.17, 15) is 16.8 Å². The monoisotopic (exact) mass is 475 g/mol. The average Bonchev–Trinajstić information content (AvgIpc) is 2.74. The Hall–Kier alpha value is -2.98. The van der Waals surface area contributed by atoms with E-state index >= 15 is 0 Å². The first kappa shape index (κ1) is 23.7. The summed E-state index contributed by atoms with van der Waals surface area (Å²) in [5.41, 5.74) is 2.39. The summed E-state index contributed by atoms with van der Waals surface area (Å²) in [5.74, 6) is 0.455. The first-order chi connectivity index (χ1) is 15.0. The Morgan fingerprint density at radius 2 is 1.62 bits per heavy atom. The van der Waals surface area contributed by atoms with Crippen molar-refractivity contribution in [2.75, 3.05) is 17.6 Å². The van der Waals surface area contributed by atoms with Crippen LogP contribution in [0.15, 0.2) is 64.5 Å². The van der Waals surface area contributed by atoms with Crippen molar-refractivity contribution < 1.29 is 21.6 Å². The van der Waals surface area contributed by atoms with Crippen molar-refractivity contribution in [1.82, 2.24) is 10.2 Å². The maximum absolute atomic E-state index is 13.1. The van der Waals surface area contributed by atoms with E-state index in [0.717, 1.165) is 11.8 Å². The number of benzene rings is 2. The minimum Gasteiger partial charge on any atom is -0.492 e.